The molecule has 0 bridgehead atoms. The third-order valence-electron chi connectivity index (χ3n) is 1.52. The van der Waals surface area contributed by atoms with E-state index in [1.165, 1.54) is 0 Å². The van der Waals surface area contributed by atoms with Crippen molar-refractivity contribution in [3.8, 4) is 0 Å². The molecule has 0 amide bonds. The molecule has 0 fully saturated rings. The molecule has 0 aliphatic rings. The molecule has 1 heterocycles. The minimum atomic E-state index is 0.434. The maximum absolute atomic E-state index is 5.58. The van der Waals surface area contributed by atoms with Crippen molar-refractivity contribution in [2.45, 2.75) is 0 Å². The number of rotatable bonds is 0. The van der Waals surface area contributed by atoms with Crippen LogP contribution in [-0.4, -0.2) is 5.16 Å². The van der Waals surface area contributed by atoms with Crippen molar-refractivity contribution in [1.82, 2.24) is 5.16 Å². The molecule has 2 N–H and O–H groups in total. The molecule has 0 atom stereocenters. The molecular weight excluding hydrogens is 335 g/mol. The molecule has 5 heteroatoms. The largest absolute Gasteiger partial charge is 0.380 e. The van der Waals surface area contributed by atoms with Gasteiger partial charge in [0, 0.05) is 4.47 Å². The van der Waals surface area contributed by atoms with E-state index < -0.39 is 0 Å². The summed E-state index contributed by atoms with van der Waals surface area (Å²) in [6.45, 7) is 0. The van der Waals surface area contributed by atoms with E-state index in [0.29, 0.717) is 5.82 Å². The molecule has 0 aliphatic heterocycles. The van der Waals surface area contributed by atoms with Crippen LogP contribution in [0.15, 0.2) is 21.1 Å². The van der Waals surface area contributed by atoms with E-state index in [1.54, 1.807) is 0 Å². The lowest BCUT2D eigenvalue weighted by molar-refractivity contribution is 0.459. The van der Waals surface area contributed by atoms with E-state index in [4.69, 9.17) is 10.3 Å². The number of aromatic nitrogens is 1. The Balaban J connectivity index is 2.92. The van der Waals surface area contributed by atoms with E-state index in [-0.39, 0.29) is 0 Å². The lowest BCUT2D eigenvalue weighted by atomic mass is 10.2. The molecule has 0 spiro atoms. The first kappa shape index (κ1) is 8.31. The Morgan fingerprint density at radius 1 is 1.50 bits per heavy atom. The fourth-order valence-corrected chi connectivity index (χ4v) is 2.60. The number of nitrogen functional groups attached to an aromatic ring is 1. The van der Waals surface area contributed by atoms with Crippen LogP contribution in [0.4, 0.5) is 5.82 Å². The standard InChI is InChI=1S/C7H4BrIN2O/c8-3-1-4-6(5(9)2-3)12-11-7(4)10/h1-2H,(H2,10,11). The van der Waals surface area contributed by atoms with Gasteiger partial charge in [-0.05, 0) is 34.7 Å². The quantitative estimate of drug-likeness (QED) is 0.751. The monoisotopic (exact) mass is 338 g/mol. The molecule has 0 saturated heterocycles. The lowest BCUT2D eigenvalue weighted by Crippen LogP contribution is -1.83. The summed E-state index contributed by atoms with van der Waals surface area (Å²) in [6, 6.07) is 3.84. The minimum absolute atomic E-state index is 0.434. The SMILES string of the molecule is Nc1noc2c(I)cc(Br)cc12. The maximum atomic E-state index is 5.58. The Kier molecular flexibility index (Phi) is 1.99. The van der Waals surface area contributed by atoms with Crippen LogP contribution < -0.4 is 5.73 Å². The Bertz CT molecular complexity index is 440. The Labute approximate surface area is 90.5 Å². The molecule has 0 saturated carbocycles. The number of fused-ring (bicyclic) bond motifs is 1. The van der Waals surface area contributed by atoms with E-state index in [1.807, 2.05) is 12.1 Å². The molecule has 0 radical (unpaired) electrons. The number of halogens is 2. The lowest BCUT2D eigenvalue weighted by Gasteiger charge is -1.92. The van der Waals surface area contributed by atoms with Crippen LogP contribution in [0, 0.1) is 3.57 Å². The van der Waals surface area contributed by atoms with Gasteiger partial charge >= 0.3 is 0 Å². The van der Waals surface area contributed by atoms with Gasteiger partial charge in [-0.2, -0.15) is 0 Å². The van der Waals surface area contributed by atoms with Crippen molar-refractivity contribution in [2.75, 3.05) is 5.73 Å². The van der Waals surface area contributed by atoms with Gasteiger partial charge in [0.25, 0.3) is 0 Å². The zero-order valence-corrected chi connectivity index (χ0v) is 9.59. The summed E-state index contributed by atoms with van der Waals surface area (Å²) in [7, 11) is 0. The van der Waals surface area contributed by atoms with E-state index in [0.717, 1.165) is 19.0 Å². The molecule has 2 aromatic rings. The summed E-state index contributed by atoms with van der Waals surface area (Å²) in [6.07, 6.45) is 0. The predicted molar refractivity (Wildman–Crippen MR) is 58.8 cm³/mol. The third kappa shape index (κ3) is 1.20. The second-order valence-electron chi connectivity index (χ2n) is 2.33. The average molecular weight is 339 g/mol. The third-order valence-corrected chi connectivity index (χ3v) is 2.78. The van der Waals surface area contributed by atoms with Gasteiger partial charge in [0.1, 0.15) is 0 Å². The Morgan fingerprint density at radius 2 is 2.25 bits per heavy atom. The van der Waals surface area contributed by atoms with Gasteiger partial charge in [-0.3, -0.25) is 0 Å². The topological polar surface area (TPSA) is 52.0 Å². The number of anilines is 1. The average Bonchev–Trinajstić information content (AvgIpc) is 2.33. The number of hydrogen-bond acceptors (Lipinski definition) is 3. The van der Waals surface area contributed by atoms with Crippen LogP contribution in [0.1, 0.15) is 0 Å². The second kappa shape index (κ2) is 2.88. The highest BCUT2D eigenvalue weighted by molar-refractivity contribution is 14.1. The van der Waals surface area contributed by atoms with Crippen molar-refractivity contribution in [3.05, 3.63) is 20.2 Å². The highest BCUT2D eigenvalue weighted by Crippen LogP contribution is 2.28. The summed E-state index contributed by atoms with van der Waals surface area (Å²) in [5.74, 6) is 0.434. The molecule has 3 nitrogen and oxygen atoms in total. The highest BCUT2D eigenvalue weighted by Gasteiger charge is 2.08. The van der Waals surface area contributed by atoms with Gasteiger partial charge in [0.05, 0.1) is 8.96 Å². The van der Waals surface area contributed by atoms with Gasteiger partial charge < -0.3 is 10.3 Å². The molecule has 1 aromatic carbocycles. The summed E-state index contributed by atoms with van der Waals surface area (Å²) in [5, 5.41) is 4.53. The van der Waals surface area contributed by atoms with E-state index >= 15 is 0 Å². The van der Waals surface area contributed by atoms with Crippen LogP contribution in [0.25, 0.3) is 11.0 Å². The Hall–Kier alpha value is -0.300. The first-order valence-corrected chi connectivity index (χ1v) is 5.05. The van der Waals surface area contributed by atoms with Gasteiger partial charge in [-0.1, -0.05) is 21.1 Å². The Morgan fingerprint density at radius 3 is 3.00 bits per heavy atom. The number of hydrogen-bond donors (Lipinski definition) is 1. The first-order valence-electron chi connectivity index (χ1n) is 3.18. The molecule has 62 valence electrons. The summed E-state index contributed by atoms with van der Waals surface area (Å²) < 4.78 is 7.01. The zero-order chi connectivity index (χ0) is 8.72. The van der Waals surface area contributed by atoms with E-state index in [2.05, 4.69) is 43.7 Å². The van der Waals surface area contributed by atoms with Crippen LogP contribution in [-0.2, 0) is 0 Å². The van der Waals surface area contributed by atoms with Crippen LogP contribution >= 0.6 is 38.5 Å². The first-order chi connectivity index (χ1) is 5.68. The summed E-state index contributed by atoms with van der Waals surface area (Å²) in [5.41, 5.74) is 6.33. The normalized spacial score (nSPS) is 10.8. The summed E-state index contributed by atoms with van der Waals surface area (Å²) >= 11 is 5.55. The molecular formula is C7H4BrIN2O. The van der Waals surface area contributed by atoms with Crippen molar-refractivity contribution < 1.29 is 4.52 Å². The van der Waals surface area contributed by atoms with Gasteiger partial charge in [0.15, 0.2) is 11.4 Å². The smallest absolute Gasteiger partial charge is 0.182 e. The van der Waals surface area contributed by atoms with Crippen molar-refractivity contribution in [1.29, 1.82) is 0 Å². The van der Waals surface area contributed by atoms with E-state index in [9.17, 15) is 0 Å². The zero-order valence-electron chi connectivity index (χ0n) is 5.84. The molecule has 1 aromatic heterocycles. The number of benzene rings is 1. The van der Waals surface area contributed by atoms with Crippen molar-refractivity contribution >= 4 is 55.3 Å². The van der Waals surface area contributed by atoms with Crippen LogP contribution in [0.2, 0.25) is 0 Å². The van der Waals surface area contributed by atoms with Crippen LogP contribution in [0.3, 0.4) is 0 Å². The van der Waals surface area contributed by atoms with Crippen molar-refractivity contribution in [3.63, 3.8) is 0 Å². The predicted octanol–water partition coefficient (Wildman–Crippen LogP) is 2.78. The fourth-order valence-electron chi connectivity index (χ4n) is 0.987. The maximum Gasteiger partial charge on any atom is 0.182 e. The van der Waals surface area contributed by atoms with Crippen molar-refractivity contribution in [2.24, 2.45) is 0 Å². The molecule has 12 heavy (non-hydrogen) atoms. The summed E-state index contributed by atoms with van der Waals surface area (Å²) in [4.78, 5) is 0. The van der Waals surface area contributed by atoms with Gasteiger partial charge in [-0.25, -0.2) is 0 Å². The van der Waals surface area contributed by atoms with Crippen LogP contribution in [0.5, 0.6) is 0 Å². The number of nitrogens with zero attached hydrogens (tertiary/aromatic N) is 1. The molecule has 0 aliphatic carbocycles. The molecule has 0 unspecified atom stereocenters. The van der Waals surface area contributed by atoms with Gasteiger partial charge in [0.2, 0.25) is 0 Å². The fraction of sp³-hybridized carbons (Fsp3) is 0. The van der Waals surface area contributed by atoms with Gasteiger partial charge in [-0.15, -0.1) is 0 Å². The second-order valence-corrected chi connectivity index (χ2v) is 4.41. The molecule has 2 rings (SSSR count). The minimum Gasteiger partial charge on any atom is -0.380 e. The number of nitrogens with two attached hydrogens (primary N) is 1. The highest BCUT2D eigenvalue weighted by atomic mass is 127.